The summed E-state index contributed by atoms with van der Waals surface area (Å²) in [5.41, 5.74) is 1.75. The molecule has 1 saturated heterocycles. The highest BCUT2D eigenvalue weighted by Crippen LogP contribution is 2.16. The van der Waals surface area contributed by atoms with Crippen LogP contribution >= 0.6 is 0 Å². The zero-order valence-corrected chi connectivity index (χ0v) is 13.2. The number of hydrogen-bond donors (Lipinski definition) is 1. The van der Waals surface area contributed by atoms with Gasteiger partial charge in [-0.15, -0.1) is 0 Å². The number of urea groups is 1. The number of pyridine rings is 1. The fraction of sp³-hybridized carbons (Fsp3) is 0.438. The van der Waals surface area contributed by atoms with E-state index in [2.05, 4.69) is 15.4 Å². The molecular formula is C16H21N5O2. The number of nitrogens with zero attached hydrogens (tertiary/aromatic N) is 4. The summed E-state index contributed by atoms with van der Waals surface area (Å²) >= 11 is 0. The molecule has 1 aliphatic rings. The van der Waals surface area contributed by atoms with Crippen LogP contribution in [0.4, 0.5) is 10.5 Å². The first-order valence-corrected chi connectivity index (χ1v) is 7.76. The smallest absolute Gasteiger partial charge is 0.322 e. The molecule has 7 heteroatoms. The number of ether oxygens (including phenoxy) is 1. The van der Waals surface area contributed by atoms with Crippen molar-refractivity contribution in [1.82, 2.24) is 19.7 Å². The maximum atomic E-state index is 12.3. The van der Waals surface area contributed by atoms with Gasteiger partial charge in [-0.3, -0.25) is 9.67 Å². The number of carbonyl (C=O) groups excluding carboxylic acids is 1. The topological polar surface area (TPSA) is 72.3 Å². The molecule has 0 spiro atoms. The van der Waals surface area contributed by atoms with Crippen LogP contribution < -0.4 is 5.32 Å². The molecule has 122 valence electrons. The summed E-state index contributed by atoms with van der Waals surface area (Å²) in [6, 6.07) is 3.78. The maximum Gasteiger partial charge on any atom is 0.322 e. The van der Waals surface area contributed by atoms with Gasteiger partial charge in [-0.1, -0.05) is 6.07 Å². The Morgan fingerprint density at radius 2 is 2.39 bits per heavy atom. The van der Waals surface area contributed by atoms with E-state index in [0.29, 0.717) is 18.8 Å². The highest BCUT2D eigenvalue weighted by molar-refractivity contribution is 5.89. The molecule has 1 N–H and O–H groups in total. The molecule has 1 fully saturated rings. The summed E-state index contributed by atoms with van der Waals surface area (Å²) in [7, 11) is 1.82. The van der Waals surface area contributed by atoms with Crippen LogP contribution in [0.25, 0.3) is 0 Å². The zero-order chi connectivity index (χ0) is 16.1. The molecule has 3 heterocycles. The van der Waals surface area contributed by atoms with Gasteiger partial charge in [-0.2, -0.15) is 5.10 Å². The molecule has 3 rings (SSSR count). The molecule has 1 aliphatic heterocycles. The summed E-state index contributed by atoms with van der Waals surface area (Å²) < 4.78 is 7.58. The van der Waals surface area contributed by atoms with Crippen LogP contribution in [-0.2, 0) is 18.4 Å². The van der Waals surface area contributed by atoms with Crippen LogP contribution in [0.15, 0.2) is 36.9 Å². The van der Waals surface area contributed by atoms with Crippen molar-refractivity contribution in [3.63, 3.8) is 0 Å². The van der Waals surface area contributed by atoms with Crippen molar-refractivity contribution >= 4 is 11.7 Å². The first-order chi connectivity index (χ1) is 11.2. The minimum atomic E-state index is -0.104. The number of amides is 2. The van der Waals surface area contributed by atoms with Crippen molar-refractivity contribution in [2.24, 2.45) is 7.05 Å². The predicted octanol–water partition coefficient (Wildman–Crippen LogP) is 2.03. The first kappa shape index (κ1) is 15.5. The highest BCUT2D eigenvalue weighted by Gasteiger charge is 2.24. The number of likely N-dealkylation sites (tertiary alicyclic amines) is 1. The van der Waals surface area contributed by atoms with Crippen LogP contribution in [-0.4, -0.2) is 44.9 Å². The molecule has 0 aliphatic carbocycles. The lowest BCUT2D eigenvalue weighted by Crippen LogP contribution is -2.45. The van der Waals surface area contributed by atoms with Gasteiger partial charge in [0.2, 0.25) is 0 Å². The van der Waals surface area contributed by atoms with E-state index in [0.717, 1.165) is 24.9 Å². The van der Waals surface area contributed by atoms with Gasteiger partial charge in [0.05, 0.1) is 24.6 Å². The van der Waals surface area contributed by atoms with Crippen LogP contribution in [0.1, 0.15) is 18.4 Å². The van der Waals surface area contributed by atoms with Crippen molar-refractivity contribution in [2.45, 2.75) is 25.6 Å². The number of rotatable bonds is 4. The van der Waals surface area contributed by atoms with E-state index in [1.54, 1.807) is 34.4 Å². The molecular weight excluding hydrogens is 294 g/mol. The summed E-state index contributed by atoms with van der Waals surface area (Å²) in [6.45, 7) is 1.88. The molecule has 23 heavy (non-hydrogen) atoms. The molecule has 0 bridgehead atoms. The van der Waals surface area contributed by atoms with Gasteiger partial charge < -0.3 is 15.0 Å². The van der Waals surface area contributed by atoms with Crippen molar-refractivity contribution in [3.8, 4) is 0 Å². The summed E-state index contributed by atoms with van der Waals surface area (Å²) in [5.74, 6) is 0. The van der Waals surface area contributed by atoms with Gasteiger partial charge in [-0.05, 0) is 24.5 Å². The van der Waals surface area contributed by atoms with Crippen LogP contribution in [0.3, 0.4) is 0 Å². The van der Waals surface area contributed by atoms with Crippen molar-refractivity contribution in [3.05, 3.63) is 42.5 Å². The lowest BCUT2D eigenvalue weighted by atomic mass is 10.1. The summed E-state index contributed by atoms with van der Waals surface area (Å²) in [4.78, 5) is 18.2. The Morgan fingerprint density at radius 1 is 1.48 bits per heavy atom. The Labute approximate surface area is 135 Å². The van der Waals surface area contributed by atoms with Gasteiger partial charge in [-0.25, -0.2) is 4.79 Å². The number of anilines is 1. The van der Waals surface area contributed by atoms with E-state index in [-0.39, 0.29) is 12.1 Å². The van der Waals surface area contributed by atoms with Gasteiger partial charge in [0.15, 0.2) is 0 Å². The van der Waals surface area contributed by atoms with E-state index < -0.39 is 0 Å². The Balaban J connectivity index is 1.50. The molecule has 1 atom stereocenters. The third kappa shape index (κ3) is 4.29. The number of hydrogen-bond acceptors (Lipinski definition) is 4. The quantitative estimate of drug-likeness (QED) is 0.937. The number of aryl methyl sites for hydroxylation is 1. The van der Waals surface area contributed by atoms with E-state index in [1.165, 1.54) is 0 Å². The Hall–Kier alpha value is -2.41. The Bertz CT molecular complexity index is 643. The van der Waals surface area contributed by atoms with E-state index >= 15 is 0 Å². The average Bonchev–Trinajstić information content (AvgIpc) is 2.99. The number of aromatic nitrogens is 3. The molecule has 7 nitrogen and oxygen atoms in total. The lowest BCUT2D eigenvalue weighted by molar-refractivity contribution is 0.000916. The third-order valence-electron chi connectivity index (χ3n) is 3.83. The average molecular weight is 315 g/mol. The Morgan fingerprint density at radius 3 is 3.13 bits per heavy atom. The lowest BCUT2D eigenvalue weighted by Gasteiger charge is -2.32. The molecule has 0 saturated carbocycles. The van der Waals surface area contributed by atoms with Crippen LogP contribution in [0, 0.1) is 0 Å². The summed E-state index contributed by atoms with van der Waals surface area (Å²) in [6.07, 6.45) is 8.93. The normalized spacial score (nSPS) is 18.0. The largest absolute Gasteiger partial charge is 0.372 e. The molecule has 1 unspecified atom stereocenters. The molecule has 0 aromatic carbocycles. The van der Waals surface area contributed by atoms with E-state index in [4.69, 9.17) is 4.74 Å². The van der Waals surface area contributed by atoms with Crippen molar-refractivity contribution in [1.29, 1.82) is 0 Å². The fourth-order valence-corrected chi connectivity index (χ4v) is 2.64. The van der Waals surface area contributed by atoms with Crippen LogP contribution in [0.2, 0.25) is 0 Å². The summed E-state index contributed by atoms with van der Waals surface area (Å²) in [5, 5.41) is 6.91. The minimum Gasteiger partial charge on any atom is -0.372 e. The second-order valence-electron chi connectivity index (χ2n) is 5.72. The molecule has 2 amide bonds. The Kier molecular flexibility index (Phi) is 4.87. The number of carbonyl (C=O) groups is 1. The predicted molar refractivity (Wildman–Crippen MR) is 85.8 cm³/mol. The highest BCUT2D eigenvalue weighted by atomic mass is 16.5. The second-order valence-corrected chi connectivity index (χ2v) is 5.72. The zero-order valence-electron chi connectivity index (χ0n) is 13.2. The number of piperidine rings is 1. The van der Waals surface area contributed by atoms with Crippen LogP contribution in [0.5, 0.6) is 0 Å². The van der Waals surface area contributed by atoms with Gasteiger partial charge >= 0.3 is 6.03 Å². The maximum absolute atomic E-state index is 12.3. The number of nitrogens with one attached hydrogen (secondary N) is 1. The molecule has 0 radical (unpaired) electrons. The monoisotopic (exact) mass is 315 g/mol. The molecule has 2 aromatic heterocycles. The second kappa shape index (κ2) is 7.23. The third-order valence-corrected chi connectivity index (χ3v) is 3.83. The van der Waals surface area contributed by atoms with Gasteiger partial charge in [0.25, 0.3) is 0 Å². The van der Waals surface area contributed by atoms with Crippen molar-refractivity contribution in [2.75, 3.05) is 18.4 Å². The molecule has 2 aromatic rings. The van der Waals surface area contributed by atoms with Gasteiger partial charge in [0, 0.05) is 38.7 Å². The van der Waals surface area contributed by atoms with E-state index in [9.17, 15) is 4.79 Å². The minimum absolute atomic E-state index is 0.0589. The van der Waals surface area contributed by atoms with Crippen molar-refractivity contribution < 1.29 is 9.53 Å². The van der Waals surface area contributed by atoms with E-state index in [1.807, 2.05) is 19.2 Å². The fourth-order valence-electron chi connectivity index (χ4n) is 2.64. The first-order valence-electron chi connectivity index (χ1n) is 7.76. The van der Waals surface area contributed by atoms with Gasteiger partial charge in [0.1, 0.15) is 0 Å². The standard InChI is InChI=1S/C16H21N5O2/c1-20-10-14(9-18-20)19-16(22)21-7-3-5-15(11-21)23-12-13-4-2-6-17-8-13/h2,4,6,8-10,15H,3,5,7,11-12H2,1H3,(H,19,22). The SMILES string of the molecule is Cn1cc(NC(=O)N2CCCC(OCc3cccnc3)C2)cn1.